The molecule has 12 heavy (non-hydrogen) atoms. The summed E-state index contributed by atoms with van der Waals surface area (Å²) in [6, 6.07) is 0.596. The van der Waals surface area contributed by atoms with Crippen LogP contribution >= 0.6 is 0 Å². The van der Waals surface area contributed by atoms with Crippen LogP contribution in [0, 0.1) is 5.92 Å². The van der Waals surface area contributed by atoms with Crippen LogP contribution in [0.2, 0.25) is 0 Å². The van der Waals surface area contributed by atoms with Gasteiger partial charge in [0.25, 0.3) is 0 Å². The molecule has 1 heteroatoms. The van der Waals surface area contributed by atoms with Crippen molar-refractivity contribution >= 4 is 0 Å². The first-order chi connectivity index (χ1) is 5.75. The van der Waals surface area contributed by atoms with Crippen LogP contribution in [0.25, 0.3) is 0 Å². The third-order valence-electron chi connectivity index (χ3n) is 2.77. The Morgan fingerprint density at radius 3 is 2.58 bits per heavy atom. The van der Waals surface area contributed by atoms with Gasteiger partial charge in [0.15, 0.2) is 0 Å². The van der Waals surface area contributed by atoms with Gasteiger partial charge < -0.3 is 5.32 Å². The Kier molecular flexibility index (Phi) is 3.80. The topological polar surface area (TPSA) is 12.0 Å². The molecule has 1 N–H and O–H groups in total. The molecule has 0 bridgehead atoms. The molecule has 0 aromatic rings. The Morgan fingerprint density at radius 1 is 1.58 bits per heavy atom. The molecule has 1 fully saturated rings. The second-order valence-electron chi connectivity index (χ2n) is 3.97. The molecule has 0 aromatic carbocycles. The van der Waals surface area contributed by atoms with Gasteiger partial charge in [0, 0.05) is 6.04 Å². The average molecular weight is 167 g/mol. The van der Waals surface area contributed by atoms with Crippen molar-refractivity contribution < 1.29 is 0 Å². The lowest BCUT2D eigenvalue weighted by Crippen LogP contribution is -2.40. The molecule has 1 aliphatic rings. The van der Waals surface area contributed by atoms with E-state index in [0.717, 1.165) is 12.5 Å². The van der Waals surface area contributed by atoms with Crippen LogP contribution in [-0.2, 0) is 0 Å². The Bertz CT molecular complexity index is 147. The summed E-state index contributed by atoms with van der Waals surface area (Å²) < 4.78 is 0. The monoisotopic (exact) mass is 167 g/mol. The summed E-state index contributed by atoms with van der Waals surface area (Å²) >= 11 is 0. The molecule has 1 nitrogen and oxygen atoms in total. The van der Waals surface area contributed by atoms with Crippen molar-refractivity contribution in [3.63, 3.8) is 0 Å². The van der Waals surface area contributed by atoms with Gasteiger partial charge in [-0.05, 0) is 38.6 Å². The minimum absolute atomic E-state index is 0.596. The highest BCUT2D eigenvalue weighted by molar-refractivity contribution is 5.06. The van der Waals surface area contributed by atoms with Crippen LogP contribution in [0.3, 0.4) is 0 Å². The van der Waals surface area contributed by atoms with E-state index in [9.17, 15) is 0 Å². The zero-order chi connectivity index (χ0) is 8.97. The predicted octanol–water partition coefficient (Wildman–Crippen LogP) is 2.73. The SMILES string of the molecule is C=C(C)C(NCCC)C1CCC1. The van der Waals surface area contributed by atoms with E-state index in [1.165, 1.54) is 31.3 Å². The maximum atomic E-state index is 4.05. The molecule has 1 atom stereocenters. The van der Waals surface area contributed by atoms with Gasteiger partial charge in [-0.2, -0.15) is 0 Å². The molecular weight excluding hydrogens is 146 g/mol. The molecular formula is C11H21N. The smallest absolute Gasteiger partial charge is 0.0302 e. The summed E-state index contributed by atoms with van der Waals surface area (Å²) in [5.41, 5.74) is 1.31. The molecule has 70 valence electrons. The first-order valence-electron chi connectivity index (χ1n) is 5.14. The van der Waals surface area contributed by atoms with E-state index in [1.807, 2.05) is 0 Å². The summed E-state index contributed by atoms with van der Waals surface area (Å²) in [6.07, 6.45) is 5.43. The van der Waals surface area contributed by atoms with Gasteiger partial charge in [-0.25, -0.2) is 0 Å². The summed E-state index contributed by atoms with van der Waals surface area (Å²) in [4.78, 5) is 0. The van der Waals surface area contributed by atoms with E-state index in [4.69, 9.17) is 0 Å². The molecule has 0 aliphatic heterocycles. The molecule has 1 saturated carbocycles. The second-order valence-corrected chi connectivity index (χ2v) is 3.97. The summed E-state index contributed by atoms with van der Waals surface area (Å²) in [7, 11) is 0. The van der Waals surface area contributed by atoms with Crippen LogP contribution in [0.15, 0.2) is 12.2 Å². The minimum Gasteiger partial charge on any atom is -0.310 e. The van der Waals surface area contributed by atoms with E-state index >= 15 is 0 Å². The van der Waals surface area contributed by atoms with Crippen LogP contribution < -0.4 is 5.32 Å². The maximum absolute atomic E-state index is 4.05. The van der Waals surface area contributed by atoms with Crippen LogP contribution in [0.5, 0.6) is 0 Å². The first-order valence-corrected chi connectivity index (χ1v) is 5.14. The van der Waals surface area contributed by atoms with E-state index in [0.29, 0.717) is 6.04 Å². The molecule has 0 saturated heterocycles. The maximum Gasteiger partial charge on any atom is 0.0302 e. The lowest BCUT2D eigenvalue weighted by atomic mass is 9.77. The fourth-order valence-corrected chi connectivity index (χ4v) is 1.82. The van der Waals surface area contributed by atoms with E-state index in [-0.39, 0.29) is 0 Å². The van der Waals surface area contributed by atoms with Crippen LogP contribution in [0.1, 0.15) is 39.5 Å². The largest absolute Gasteiger partial charge is 0.310 e. The van der Waals surface area contributed by atoms with E-state index < -0.39 is 0 Å². The predicted molar refractivity (Wildman–Crippen MR) is 54.2 cm³/mol. The van der Waals surface area contributed by atoms with Gasteiger partial charge in [-0.3, -0.25) is 0 Å². The molecule has 1 aliphatic carbocycles. The fraction of sp³-hybridized carbons (Fsp3) is 0.818. The highest BCUT2D eigenvalue weighted by Gasteiger charge is 2.26. The Labute approximate surface area is 76.2 Å². The van der Waals surface area contributed by atoms with Gasteiger partial charge in [-0.15, -0.1) is 0 Å². The zero-order valence-electron chi connectivity index (χ0n) is 8.40. The van der Waals surface area contributed by atoms with Gasteiger partial charge in [0.1, 0.15) is 0 Å². The van der Waals surface area contributed by atoms with Crippen LogP contribution in [-0.4, -0.2) is 12.6 Å². The molecule has 1 unspecified atom stereocenters. The lowest BCUT2D eigenvalue weighted by Gasteiger charge is -2.34. The van der Waals surface area contributed by atoms with Crippen LogP contribution in [0.4, 0.5) is 0 Å². The highest BCUT2D eigenvalue weighted by atomic mass is 14.9. The Balaban J connectivity index is 2.32. The molecule has 0 spiro atoms. The van der Waals surface area contributed by atoms with E-state index in [1.54, 1.807) is 0 Å². The Hall–Kier alpha value is -0.300. The van der Waals surface area contributed by atoms with Crippen molar-refractivity contribution in [3.8, 4) is 0 Å². The van der Waals surface area contributed by atoms with Gasteiger partial charge in [-0.1, -0.05) is 25.5 Å². The second kappa shape index (κ2) is 4.66. The average Bonchev–Trinajstić information content (AvgIpc) is 1.93. The van der Waals surface area contributed by atoms with Gasteiger partial charge in [0.2, 0.25) is 0 Å². The molecule has 1 rings (SSSR count). The minimum atomic E-state index is 0.596. The standard InChI is InChI=1S/C11H21N/c1-4-8-12-11(9(2)3)10-6-5-7-10/h10-12H,2,4-8H2,1,3H3. The van der Waals surface area contributed by atoms with Crippen molar-refractivity contribution in [2.24, 2.45) is 5.92 Å². The Morgan fingerprint density at radius 2 is 2.25 bits per heavy atom. The van der Waals surface area contributed by atoms with E-state index in [2.05, 4.69) is 25.7 Å². The van der Waals surface area contributed by atoms with Crippen molar-refractivity contribution in [3.05, 3.63) is 12.2 Å². The third kappa shape index (κ3) is 2.34. The normalized spacial score (nSPS) is 20.2. The quantitative estimate of drug-likeness (QED) is 0.621. The number of nitrogens with one attached hydrogen (secondary N) is 1. The molecule has 0 heterocycles. The van der Waals surface area contributed by atoms with Gasteiger partial charge >= 0.3 is 0 Å². The van der Waals surface area contributed by atoms with Crippen molar-refractivity contribution in [2.75, 3.05) is 6.54 Å². The number of hydrogen-bond donors (Lipinski definition) is 1. The zero-order valence-corrected chi connectivity index (χ0v) is 8.40. The lowest BCUT2D eigenvalue weighted by molar-refractivity contribution is 0.252. The number of hydrogen-bond acceptors (Lipinski definition) is 1. The van der Waals surface area contributed by atoms with Gasteiger partial charge in [0.05, 0.1) is 0 Å². The van der Waals surface area contributed by atoms with Crippen molar-refractivity contribution in [2.45, 2.75) is 45.6 Å². The molecule has 0 radical (unpaired) electrons. The summed E-state index contributed by atoms with van der Waals surface area (Å²) in [6.45, 7) is 9.54. The number of rotatable bonds is 5. The molecule has 0 aromatic heterocycles. The highest BCUT2D eigenvalue weighted by Crippen LogP contribution is 2.31. The third-order valence-corrected chi connectivity index (χ3v) is 2.77. The first kappa shape index (κ1) is 9.79. The van der Waals surface area contributed by atoms with Crippen molar-refractivity contribution in [1.82, 2.24) is 5.32 Å². The fourth-order valence-electron chi connectivity index (χ4n) is 1.82. The van der Waals surface area contributed by atoms with Crippen molar-refractivity contribution in [1.29, 1.82) is 0 Å². The summed E-state index contributed by atoms with van der Waals surface area (Å²) in [5.74, 6) is 0.883. The molecule has 0 amide bonds. The summed E-state index contributed by atoms with van der Waals surface area (Å²) in [5, 5.41) is 3.57.